The number of hydrogen-bond donors (Lipinski definition) is 1. The fourth-order valence-electron chi connectivity index (χ4n) is 5.36. The van der Waals surface area contributed by atoms with Gasteiger partial charge >= 0.3 is 0 Å². The Labute approximate surface area is 198 Å². The van der Waals surface area contributed by atoms with E-state index in [1.54, 1.807) is 4.80 Å². The molecule has 0 fully saturated rings. The highest BCUT2D eigenvalue weighted by molar-refractivity contribution is 5.74. The molecule has 4 rings (SSSR count). The van der Waals surface area contributed by atoms with Crippen LogP contribution in [0.15, 0.2) is 60.7 Å². The van der Waals surface area contributed by atoms with E-state index in [0.29, 0.717) is 11.6 Å². The molecule has 0 amide bonds. The van der Waals surface area contributed by atoms with Gasteiger partial charge in [-0.25, -0.2) is 0 Å². The normalized spacial score (nSPS) is 17.1. The van der Waals surface area contributed by atoms with Crippen molar-refractivity contribution in [1.29, 1.82) is 0 Å². The molecule has 1 N–H and O–H groups in total. The fraction of sp³-hybridized carbons (Fsp3) is 0.448. The zero-order chi connectivity index (χ0) is 24.0. The van der Waals surface area contributed by atoms with Crippen LogP contribution in [0.1, 0.15) is 72.4 Å². The van der Waals surface area contributed by atoms with E-state index in [9.17, 15) is 5.11 Å². The Morgan fingerprint density at radius 1 is 0.939 bits per heavy atom. The number of aromatic hydroxyl groups is 1. The Morgan fingerprint density at radius 3 is 2.12 bits per heavy atom. The first kappa shape index (κ1) is 23.3. The molecule has 1 heterocycles. The Hall–Kier alpha value is -2.88. The monoisotopic (exact) mass is 443 g/mol. The van der Waals surface area contributed by atoms with Gasteiger partial charge in [0.25, 0.3) is 0 Å². The zero-order valence-electron chi connectivity index (χ0n) is 21.1. The summed E-state index contributed by atoms with van der Waals surface area (Å²) in [6, 6.07) is 12.1. The Morgan fingerprint density at radius 2 is 1.58 bits per heavy atom. The van der Waals surface area contributed by atoms with E-state index < -0.39 is 0 Å². The summed E-state index contributed by atoms with van der Waals surface area (Å²) >= 11 is 0. The molecule has 1 atom stereocenters. The summed E-state index contributed by atoms with van der Waals surface area (Å²) in [6.45, 7) is 15.9. The minimum atomic E-state index is -0.263. The minimum absolute atomic E-state index is 0.0829. The quantitative estimate of drug-likeness (QED) is 0.452. The molecule has 0 spiro atoms. The van der Waals surface area contributed by atoms with Gasteiger partial charge in [0.15, 0.2) is 0 Å². The van der Waals surface area contributed by atoms with Crippen LogP contribution in [0, 0.1) is 11.3 Å². The van der Waals surface area contributed by atoms with Gasteiger partial charge in [-0.05, 0) is 58.8 Å². The Kier molecular flexibility index (Phi) is 5.76. The SMILES string of the molecule is CC(C)(C)CC(C)(C)c1cc(-n2nc3ccccc3n2)c(O)c(C(C)(C)C2C=CC=CC2)c1. The van der Waals surface area contributed by atoms with Crippen LogP contribution in [-0.4, -0.2) is 20.1 Å². The second-order valence-corrected chi connectivity index (χ2v) is 11.9. The highest BCUT2D eigenvalue weighted by atomic mass is 16.3. The van der Waals surface area contributed by atoms with Gasteiger partial charge in [-0.2, -0.15) is 0 Å². The molecule has 3 aromatic rings. The molecule has 1 aromatic heterocycles. The molecule has 1 unspecified atom stereocenters. The van der Waals surface area contributed by atoms with Crippen molar-refractivity contribution in [1.82, 2.24) is 15.0 Å². The van der Waals surface area contributed by atoms with Crippen molar-refractivity contribution in [3.8, 4) is 11.4 Å². The van der Waals surface area contributed by atoms with E-state index in [4.69, 9.17) is 10.2 Å². The summed E-state index contributed by atoms with van der Waals surface area (Å²) in [7, 11) is 0. The van der Waals surface area contributed by atoms with Crippen LogP contribution >= 0.6 is 0 Å². The molecule has 4 nitrogen and oxygen atoms in total. The average Bonchev–Trinajstić information content (AvgIpc) is 3.16. The topological polar surface area (TPSA) is 50.9 Å². The number of rotatable bonds is 5. The number of nitrogens with zero attached hydrogens (tertiary/aromatic N) is 3. The lowest BCUT2D eigenvalue weighted by Gasteiger charge is -2.37. The van der Waals surface area contributed by atoms with Crippen molar-refractivity contribution < 1.29 is 5.11 Å². The van der Waals surface area contributed by atoms with Crippen molar-refractivity contribution in [3.05, 3.63) is 71.8 Å². The maximum atomic E-state index is 11.6. The smallest absolute Gasteiger partial charge is 0.146 e. The molecular formula is C29H37N3O. The molecule has 0 aliphatic heterocycles. The molecule has 1 aliphatic carbocycles. The highest BCUT2D eigenvalue weighted by Crippen LogP contribution is 2.46. The van der Waals surface area contributed by atoms with Gasteiger partial charge in [0, 0.05) is 5.56 Å². The van der Waals surface area contributed by atoms with Gasteiger partial charge in [0.05, 0.1) is 0 Å². The van der Waals surface area contributed by atoms with Crippen LogP contribution in [-0.2, 0) is 10.8 Å². The van der Waals surface area contributed by atoms with Crippen molar-refractivity contribution in [3.63, 3.8) is 0 Å². The molecule has 1 aliphatic rings. The Balaban J connectivity index is 1.93. The second-order valence-electron chi connectivity index (χ2n) is 11.9. The van der Waals surface area contributed by atoms with Gasteiger partial charge in [-0.1, -0.05) is 91.0 Å². The van der Waals surface area contributed by atoms with Crippen LogP contribution in [0.2, 0.25) is 0 Å². The maximum absolute atomic E-state index is 11.6. The zero-order valence-corrected chi connectivity index (χ0v) is 21.1. The van der Waals surface area contributed by atoms with E-state index in [1.165, 1.54) is 5.56 Å². The summed E-state index contributed by atoms with van der Waals surface area (Å²) in [6.07, 6.45) is 10.7. The molecule has 0 saturated heterocycles. The van der Waals surface area contributed by atoms with E-state index in [-0.39, 0.29) is 22.0 Å². The number of allylic oxidation sites excluding steroid dienone is 4. The van der Waals surface area contributed by atoms with Crippen LogP contribution in [0.5, 0.6) is 5.75 Å². The molecule has 0 bridgehead atoms. The van der Waals surface area contributed by atoms with Gasteiger partial charge in [0.2, 0.25) is 0 Å². The average molecular weight is 444 g/mol. The van der Waals surface area contributed by atoms with Crippen LogP contribution in [0.3, 0.4) is 0 Å². The first-order valence-electron chi connectivity index (χ1n) is 11.9. The number of phenolic OH excluding ortho intramolecular Hbond substituents is 1. The van der Waals surface area contributed by atoms with Crippen molar-refractivity contribution in [2.24, 2.45) is 11.3 Å². The van der Waals surface area contributed by atoms with E-state index in [0.717, 1.165) is 29.4 Å². The maximum Gasteiger partial charge on any atom is 0.146 e. The summed E-state index contributed by atoms with van der Waals surface area (Å²) in [4.78, 5) is 1.60. The first-order chi connectivity index (χ1) is 15.4. The number of fused-ring (bicyclic) bond motifs is 1. The molecule has 33 heavy (non-hydrogen) atoms. The number of phenols is 1. The lowest BCUT2D eigenvalue weighted by molar-refractivity contribution is 0.283. The largest absolute Gasteiger partial charge is 0.505 e. The molecule has 0 radical (unpaired) electrons. The van der Waals surface area contributed by atoms with E-state index >= 15 is 0 Å². The predicted molar refractivity (Wildman–Crippen MR) is 137 cm³/mol. The lowest BCUT2D eigenvalue weighted by atomic mass is 9.67. The molecule has 2 aromatic carbocycles. The van der Waals surface area contributed by atoms with Crippen molar-refractivity contribution >= 4 is 11.0 Å². The van der Waals surface area contributed by atoms with Crippen LogP contribution in [0.4, 0.5) is 0 Å². The summed E-state index contributed by atoms with van der Waals surface area (Å²) in [5, 5.41) is 21.0. The fourth-order valence-corrected chi connectivity index (χ4v) is 5.36. The van der Waals surface area contributed by atoms with Gasteiger partial charge in [0.1, 0.15) is 22.5 Å². The van der Waals surface area contributed by atoms with Crippen LogP contribution in [0.25, 0.3) is 16.7 Å². The summed E-state index contributed by atoms with van der Waals surface area (Å²) in [5.74, 6) is 0.561. The van der Waals surface area contributed by atoms with Crippen LogP contribution < -0.4 is 0 Å². The summed E-state index contributed by atoms with van der Waals surface area (Å²) < 4.78 is 0. The lowest BCUT2D eigenvalue weighted by Crippen LogP contribution is -2.30. The molecule has 0 saturated carbocycles. The van der Waals surface area contributed by atoms with Crippen molar-refractivity contribution in [2.45, 2.75) is 72.1 Å². The van der Waals surface area contributed by atoms with Gasteiger partial charge < -0.3 is 5.11 Å². The number of benzene rings is 2. The van der Waals surface area contributed by atoms with Gasteiger partial charge in [-0.3, -0.25) is 0 Å². The highest BCUT2D eigenvalue weighted by Gasteiger charge is 2.36. The predicted octanol–water partition coefficient (Wildman–Crippen LogP) is 7.25. The molecular weight excluding hydrogens is 406 g/mol. The third-order valence-corrected chi connectivity index (χ3v) is 6.95. The standard InChI is InChI=1S/C29H37N3O/c1-27(2,3)19-28(4,5)21-17-22(29(6,7)20-13-9-8-10-14-20)26(33)25(18-21)32-30-23-15-11-12-16-24(23)31-32/h8-13,15-18,20,33H,14,19H2,1-7H3. The second kappa shape index (κ2) is 8.16. The van der Waals surface area contributed by atoms with Gasteiger partial charge in [-0.15, -0.1) is 15.0 Å². The van der Waals surface area contributed by atoms with E-state index in [1.807, 2.05) is 24.3 Å². The first-order valence-corrected chi connectivity index (χ1v) is 11.9. The minimum Gasteiger partial charge on any atom is -0.505 e. The third kappa shape index (κ3) is 4.62. The number of hydrogen-bond acceptors (Lipinski definition) is 3. The third-order valence-electron chi connectivity index (χ3n) is 6.95. The van der Waals surface area contributed by atoms with Crippen molar-refractivity contribution in [2.75, 3.05) is 0 Å². The molecule has 4 heteroatoms. The molecule has 174 valence electrons. The summed E-state index contributed by atoms with van der Waals surface area (Å²) in [5.41, 5.74) is 4.25. The Bertz CT molecular complexity index is 1190. The number of aromatic nitrogens is 3. The van der Waals surface area contributed by atoms with E-state index in [2.05, 4.69) is 84.9 Å².